The molecule has 0 atom stereocenters. The van der Waals surface area contributed by atoms with Crippen molar-refractivity contribution in [1.82, 2.24) is 0 Å². The molecule has 134 valence electrons. The Balaban J connectivity index is 0.000000450. The molecule has 2 aromatic rings. The number of ether oxygens (including phenoxy) is 2. The van der Waals surface area contributed by atoms with Crippen molar-refractivity contribution in [2.75, 3.05) is 19.5 Å². The molecule has 2 rings (SSSR count). The van der Waals surface area contributed by atoms with Gasteiger partial charge in [0.05, 0.1) is 14.2 Å². The van der Waals surface area contributed by atoms with Gasteiger partial charge in [0.15, 0.2) is 0 Å². The summed E-state index contributed by atoms with van der Waals surface area (Å²) in [6.07, 6.45) is 0. The minimum atomic E-state index is -1.82. The maximum Gasteiger partial charge on any atom is 0.414 e. The summed E-state index contributed by atoms with van der Waals surface area (Å²) < 4.78 is 11.6. The third kappa shape index (κ3) is 7.58. The van der Waals surface area contributed by atoms with Crippen LogP contribution < -0.4 is 14.8 Å². The van der Waals surface area contributed by atoms with Crippen molar-refractivity contribution in [2.45, 2.75) is 6.54 Å². The molecule has 2 aromatic carbocycles. The molecule has 25 heavy (non-hydrogen) atoms. The molecular weight excluding hydrogens is 394 g/mol. The van der Waals surface area contributed by atoms with Crippen LogP contribution in [0.4, 0.5) is 5.69 Å². The lowest BCUT2D eigenvalue weighted by Crippen LogP contribution is -2.09. The SMILES string of the molecule is COc1cc(CNc2ccc(Br)cc2)cc(OC)c1.O=C(O)C(=O)O. The van der Waals surface area contributed by atoms with E-state index in [1.165, 1.54) is 0 Å². The summed E-state index contributed by atoms with van der Waals surface area (Å²) in [7, 11) is 3.31. The first-order valence-electron chi connectivity index (χ1n) is 7.03. The molecule has 0 aromatic heterocycles. The highest BCUT2D eigenvalue weighted by Crippen LogP contribution is 2.23. The highest BCUT2D eigenvalue weighted by atomic mass is 79.9. The minimum absolute atomic E-state index is 0.717. The summed E-state index contributed by atoms with van der Waals surface area (Å²) in [5.41, 5.74) is 2.18. The zero-order valence-corrected chi connectivity index (χ0v) is 15.2. The van der Waals surface area contributed by atoms with Crippen LogP contribution in [0, 0.1) is 0 Å². The second-order valence-corrected chi connectivity index (χ2v) is 5.61. The summed E-state index contributed by atoms with van der Waals surface area (Å²) in [4.78, 5) is 18.2. The molecule has 0 heterocycles. The number of aliphatic carboxylic acids is 2. The number of anilines is 1. The molecule has 3 N–H and O–H groups in total. The van der Waals surface area contributed by atoms with E-state index >= 15 is 0 Å². The Labute approximate surface area is 153 Å². The van der Waals surface area contributed by atoms with Crippen molar-refractivity contribution < 1.29 is 29.3 Å². The van der Waals surface area contributed by atoms with Gasteiger partial charge in [0.25, 0.3) is 0 Å². The first-order chi connectivity index (χ1) is 11.8. The van der Waals surface area contributed by atoms with E-state index in [1.54, 1.807) is 14.2 Å². The lowest BCUT2D eigenvalue weighted by atomic mass is 10.2. The number of carboxylic acids is 2. The van der Waals surface area contributed by atoms with Crippen molar-refractivity contribution >= 4 is 33.6 Å². The molecule has 0 unspecified atom stereocenters. The minimum Gasteiger partial charge on any atom is -0.497 e. The first kappa shape index (κ1) is 20.3. The Kier molecular flexibility index (Phi) is 8.28. The third-order valence-electron chi connectivity index (χ3n) is 2.94. The second-order valence-electron chi connectivity index (χ2n) is 4.69. The highest BCUT2D eigenvalue weighted by Gasteiger charge is 2.04. The van der Waals surface area contributed by atoms with Crippen molar-refractivity contribution in [3.8, 4) is 11.5 Å². The molecular formula is C17H18BrNO6. The van der Waals surface area contributed by atoms with Gasteiger partial charge in [0.2, 0.25) is 0 Å². The number of nitrogens with one attached hydrogen (secondary N) is 1. The van der Waals surface area contributed by atoms with Gasteiger partial charge in [-0.05, 0) is 42.0 Å². The van der Waals surface area contributed by atoms with Crippen LogP contribution in [0.1, 0.15) is 5.56 Å². The predicted octanol–water partition coefficient (Wildman–Crippen LogP) is 3.23. The fourth-order valence-corrected chi connectivity index (χ4v) is 2.00. The van der Waals surface area contributed by atoms with E-state index in [9.17, 15) is 0 Å². The number of carbonyl (C=O) groups is 2. The van der Waals surface area contributed by atoms with E-state index < -0.39 is 11.9 Å². The van der Waals surface area contributed by atoms with Crippen molar-refractivity contribution in [3.63, 3.8) is 0 Å². The van der Waals surface area contributed by atoms with Gasteiger partial charge in [-0.15, -0.1) is 0 Å². The predicted molar refractivity (Wildman–Crippen MR) is 96.3 cm³/mol. The summed E-state index contributed by atoms with van der Waals surface area (Å²) in [6.45, 7) is 0.717. The normalized spacial score (nSPS) is 9.40. The Morgan fingerprint density at radius 2 is 1.44 bits per heavy atom. The average Bonchev–Trinajstić information content (AvgIpc) is 2.61. The molecule has 0 amide bonds. The average molecular weight is 412 g/mol. The van der Waals surface area contributed by atoms with Gasteiger partial charge in [0.1, 0.15) is 11.5 Å². The third-order valence-corrected chi connectivity index (χ3v) is 3.46. The molecule has 0 bridgehead atoms. The number of carboxylic acid groups (broad SMARTS) is 2. The van der Waals surface area contributed by atoms with Crippen LogP contribution in [0.3, 0.4) is 0 Å². The topological polar surface area (TPSA) is 105 Å². The van der Waals surface area contributed by atoms with Gasteiger partial charge in [-0.1, -0.05) is 15.9 Å². The number of benzene rings is 2. The molecule has 0 saturated heterocycles. The van der Waals surface area contributed by atoms with E-state index in [0.717, 1.165) is 33.8 Å². The largest absolute Gasteiger partial charge is 0.497 e. The number of methoxy groups -OCH3 is 2. The molecule has 0 aliphatic carbocycles. The Bertz CT molecular complexity index is 683. The van der Waals surface area contributed by atoms with E-state index in [4.69, 9.17) is 29.3 Å². The Hall–Kier alpha value is -2.74. The maximum absolute atomic E-state index is 9.10. The summed E-state index contributed by atoms with van der Waals surface area (Å²) in [6, 6.07) is 13.9. The number of rotatable bonds is 5. The first-order valence-corrected chi connectivity index (χ1v) is 7.82. The quantitative estimate of drug-likeness (QED) is 0.648. The summed E-state index contributed by atoms with van der Waals surface area (Å²) >= 11 is 3.42. The molecule has 0 saturated carbocycles. The van der Waals surface area contributed by atoms with Crippen LogP contribution in [-0.2, 0) is 16.1 Å². The molecule has 0 spiro atoms. The lowest BCUT2D eigenvalue weighted by molar-refractivity contribution is -0.159. The molecule has 8 heteroatoms. The fourth-order valence-electron chi connectivity index (χ4n) is 1.74. The number of hydrogen-bond donors (Lipinski definition) is 3. The van der Waals surface area contributed by atoms with Crippen LogP contribution in [0.25, 0.3) is 0 Å². The fraction of sp³-hybridized carbons (Fsp3) is 0.176. The summed E-state index contributed by atoms with van der Waals surface area (Å²) in [5.74, 6) is -2.05. The lowest BCUT2D eigenvalue weighted by Gasteiger charge is -2.10. The molecule has 0 aliphatic rings. The molecule has 7 nitrogen and oxygen atoms in total. The maximum atomic E-state index is 9.10. The van der Waals surface area contributed by atoms with Gasteiger partial charge in [0, 0.05) is 22.8 Å². The Morgan fingerprint density at radius 3 is 1.84 bits per heavy atom. The Morgan fingerprint density at radius 1 is 0.960 bits per heavy atom. The van der Waals surface area contributed by atoms with Gasteiger partial charge >= 0.3 is 11.9 Å². The second kappa shape index (κ2) is 10.2. The molecule has 0 aliphatic heterocycles. The van der Waals surface area contributed by atoms with Crippen LogP contribution in [-0.4, -0.2) is 36.4 Å². The van der Waals surface area contributed by atoms with Crippen LogP contribution in [0.2, 0.25) is 0 Å². The van der Waals surface area contributed by atoms with Gasteiger partial charge < -0.3 is 25.0 Å². The van der Waals surface area contributed by atoms with E-state index in [2.05, 4.69) is 21.2 Å². The molecule has 0 radical (unpaired) electrons. The van der Waals surface area contributed by atoms with Crippen molar-refractivity contribution in [3.05, 3.63) is 52.5 Å². The monoisotopic (exact) mass is 411 g/mol. The number of hydrogen-bond acceptors (Lipinski definition) is 5. The van der Waals surface area contributed by atoms with Gasteiger partial charge in [-0.3, -0.25) is 0 Å². The van der Waals surface area contributed by atoms with Crippen molar-refractivity contribution in [1.29, 1.82) is 0 Å². The number of halogens is 1. The zero-order valence-electron chi connectivity index (χ0n) is 13.7. The summed E-state index contributed by atoms with van der Waals surface area (Å²) in [5, 5.41) is 18.1. The van der Waals surface area contributed by atoms with Crippen LogP contribution in [0.5, 0.6) is 11.5 Å². The van der Waals surface area contributed by atoms with E-state index in [0.29, 0.717) is 0 Å². The zero-order chi connectivity index (χ0) is 18.8. The van der Waals surface area contributed by atoms with Crippen LogP contribution in [0.15, 0.2) is 46.9 Å². The smallest absolute Gasteiger partial charge is 0.414 e. The van der Waals surface area contributed by atoms with E-state index in [1.807, 2.05) is 42.5 Å². The standard InChI is InChI=1S/C15H16BrNO2.C2H2O4/c1-18-14-7-11(8-15(9-14)19-2)10-17-13-5-3-12(16)4-6-13;3-1(4)2(5)6/h3-9,17H,10H2,1-2H3;(H,3,4)(H,5,6). The van der Waals surface area contributed by atoms with Crippen molar-refractivity contribution in [2.24, 2.45) is 0 Å². The highest BCUT2D eigenvalue weighted by molar-refractivity contribution is 9.10. The van der Waals surface area contributed by atoms with Gasteiger partial charge in [-0.25, -0.2) is 9.59 Å². The van der Waals surface area contributed by atoms with Crippen LogP contribution >= 0.6 is 15.9 Å². The van der Waals surface area contributed by atoms with E-state index in [-0.39, 0.29) is 0 Å². The van der Waals surface area contributed by atoms with Gasteiger partial charge in [-0.2, -0.15) is 0 Å². The molecule has 0 fully saturated rings.